The molecule has 0 bridgehead atoms. The number of ether oxygens (including phenoxy) is 2. The highest BCUT2D eigenvalue weighted by Crippen LogP contribution is 2.19. The lowest BCUT2D eigenvalue weighted by molar-refractivity contribution is -0.123. The minimum Gasteiger partial charge on any atom is -0.489 e. The second-order valence-corrected chi connectivity index (χ2v) is 5.74. The molecule has 2 N–H and O–H groups in total. The Hall–Kier alpha value is -3.62. The largest absolute Gasteiger partial charge is 0.489 e. The summed E-state index contributed by atoms with van der Waals surface area (Å²) < 4.78 is 15.7. The van der Waals surface area contributed by atoms with Crippen LogP contribution in [0.2, 0.25) is 0 Å². The number of rotatable bonds is 8. The van der Waals surface area contributed by atoms with Crippen molar-refractivity contribution in [3.63, 3.8) is 0 Å². The molecule has 1 heterocycles. The maximum absolute atomic E-state index is 12.1. The number of amides is 3. The van der Waals surface area contributed by atoms with E-state index in [0.717, 1.165) is 11.3 Å². The monoisotopic (exact) mass is 387 g/mol. The Morgan fingerprint density at radius 1 is 1.29 bits per heavy atom. The van der Waals surface area contributed by atoms with Gasteiger partial charge in [-0.1, -0.05) is 17.3 Å². The smallest absolute Gasteiger partial charge is 0.338 e. The molecular weight excluding hydrogens is 366 g/mol. The SMILES string of the molecule is C=CCNC(=O)NC(=O)COC(=O)c1cccc(OCc2c(C)noc2C)c1. The molecule has 0 saturated heterocycles. The number of aryl methyl sites for hydroxylation is 2. The average Bonchev–Trinajstić information content (AvgIpc) is 3.00. The second-order valence-electron chi connectivity index (χ2n) is 5.74. The molecule has 0 unspecified atom stereocenters. The summed E-state index contributed by atoms with van der Waals surface area (Å²) in [6.45, 7) is 6.88. The number of urea groups is 1. The van der Waals surface area contributed by atoms with E-state index in [9.17, 15) is 14.4 Å². The lowest BCUT2D eigenvalue weighted by atomic mass is 10.2. The number of carbonyl (C=O) groups excluding carboxylic acids is 3. The standard InChI is InChI=1S/C19H21N3O6/c1-4-8-20-19(25)21-17(23)11-27-18(24)14-6-5-7-15(9-14)26-10-16-12(2)22-28-13(16)3/h4-7,9H,1,8,10-11H2,2-3H3,(H2,20,21,23,25). The number of hydrogen-bond donors (Lipinski definition) is 2. The van der Waals surface area contributed by atoms with Crippen LogP contribution in [0, 0.1) is 13.8 Å². The van der Waals surface area contributed by atoms with Gasteiger partial charge in [-0.05, 0) is 32.0 Å². The molecule has 9 heteroatoms. The Kier molecular flexibility index (Phi) is 7.32. The molecule has 0 fully saturated rings. The predicted molar refractivity (Wildman–Crippen MR) is 98.8 cm³/mol. The van der Waals surface area contributed by atoms with E-state index in [2.05, 4.69) is 17.1 Å². The molecule has 0 aliphatic rings. The van der Waals surface area contributed by atoms with Gasteiger partial charge in [-0.2, -0.15) is 0 Å². The number of aromatic nitrogens is 1. The number of esters is 1. The number of imide groups is 1. The Bertz CT molecular complexity index is 855. The molecule has 9 nitrogen and oxygen atoms in total. The van der Waals surface area contributed by atoms with Crippen molar-refractivity contribution in [2.45, 2.75) is 20.5 Å². The zero-order valence-electron chi connectivity index (χ0n) is 15.6. The molecular formula is C19H21N3O6. The van der Waals surface area contributed by atoms with Crippen LogP contribution in [0.15, 0.2) is 41.4 Å². The molecule has 0 saturated carbocycles. The summed E-state index contributed by atoms with van der Waals surface area (Å²) in [5, 5.41) is 8.24. The molecule has 0 spiro atoms. The van der Waals surface area contributed by atoms with Gasteiger partial charge in [0.1, 0.15) is 18.1 Å². The lowest BCUT2D eigenvalue weighted by Gasteiger charge is -2.09. The van der Waals surface area contributed by atoms with E-state index < -0.39 is 24.5 Å². The summed E-state index contributed by atoms with van der Waals surface area (Å²) in [5.41, 5.74) is 1.77. The zero-order chi connectivity index (χ0) is 20.5. The fourth-order valence-electron chi connectivity index (χ4n) is 2.16. The molecule has 1 aromatic heterocycles. The Labute approximate surface area is 161 Å². The molecule has 0 atom stereocenters. The van der Waals surface area contributed by atoms with Crippen LogP contribution in [0.3, 0.4) is 0 Å². The predicted octanol–water partition coefficient (Wildman–Crippen LogP) is 2.04. The molecule has 2 aromatic rings. The quantitative estimate of drug-likeness (QED) is 0.525. The van der Waals surface area contributed by atoms with Gasteiger partial charge in [-0.25, -0.2) is 9.59 Å². The lowest BCUT2D eigenvalue weighted by Crippen LogP contribution is -2.41. The Balaban J connectivity index is 1.87. The first-order valence-electron chi connectivity index (χ1n) is 8.41. The first kappa shape index (κ1) is 20.7. The van der Waals surface area contributed by atoms with Crippen LogP contribution in [0.4, 0.5) is 4.79 Å². The minimum atomic E-state index is -0.749. The van der Waals surface area contributed by atoms with Crippen molar-refractivity contribution in [3.05, 3.63) is 59.5 Å². The average molecular weight is 387 g/mol. The summed E-state index contributed by atoms with van der Waals surface area (Å²) in [6, 6.07) is 5.64. The van der Waals surface area contributed by atoms with E-state index >= 15 is 0 Å². The first-order chi connectivity index (χ1) is 13.4. The fourth-order valence-corrected chi connectivity index (χ4v) is 2.16. The zero-order valence-corrected chi connectivity index (χ0v) is 15.6. The van der Waals surface area contributed by atoms with Gasteiger partial charge in [0.2, 0.25) is 0 Å². The van der Waals surface area contributed by atoms with E-state index in [1.54, 1.807) is 19.1 Å². The molecule has 0 radical (unpaired) electrons. The van der Waals surface area contributed by atoms with Gasteiger partial charge in [0.05, 0.1) is 16.8 Å². The first-order valence-corrected chi connectivity index (χ1v) is 8.41. The maximum atomic E-state index is 12.1. The van der Waals surface area contributed by atoms with Crippen molar-refractivity contribution in [1.82, 2.24) is 15.8 Å². The molecule has 28 heavy (non-hydrogen) atoms. The molecule has 1 aromatic carbocycles. The maximum Gasteiger partial charge on any atom is 0.338 e. The normalized spacial score (nSPS) is 10.1. The van der Waals surface area contributed by atoms with Crippen molar-refractivity contribution in [2.24, 2.45) is 0 Å². The number of nitrogens with zero attached hydrogens (tertiary/aromatic N) is 1. The molecule has 2 rings (SSSR count). The summed E-state index contributed by atoms with van der Waals surface area (Å²) in [7, 11) is 0. The second kappa shape index (κ2) is 9.91. The van der Waals surface area contributed by atoms with Crippen molar-refractivity contribution >= 4 is 17.9 Å². The van der Waals surface area contributed by atoms with Crippen LogP contribution in [0.1, 0.15) is 27.4 Å². The molecule has 0 aliphatic heterocycles. The minimum absolute atomic E-state index is 0.208. The third-order valence-electron chi connectivity index (χ3n) is 3.63. The van der Waals surface area contributed by atoms with E-state index in [1.807, 2.05) is 12.2 Å². The summed E-state index contributed by atoms with van der Waals surface area (Å²) >= 11 is 0. The van der Waals surface area contributed by atoms with Gasteiger partial charge in [0, 0.05) is 6.54 Å². The Morgan fingerprint density at radius 2 is 2.07 bits per heavy atom. The van der Waals surface area contributed by atoms with E-state index in [1.165, 1.54) is 18.2 Å². The van der Waals surface area contributed by atoms with E-state index in [-0.39, 0.29) is 18.7 Å². The van der Waals surface area contributed by atoms with Crippen LogP contribution in [-0.4, -0.2) is 36.2 Å². The van der Waals surface area contributed by atoms with Gasteiger partial charge in [0.15, 0.2) is 6.61 Å². The highest BCUT2D eigenvalue weighted by Gasteiger charge is 2.14. The Morgan fingerprint density at radius 3 is 2.75 bits per heavy atom. The van der Waals surface area contributed by atoms with Crippen LogP contribution in [0.5, 0.6) is 5.75 Å². The molecule has 148 valence electrons. The highest BCUT2D eigenvalue weighted by molar-refractivity contribution is 5.97. The van der Waals surface area contributed by atoms with Crippen LogP contribution < -0.4 is 15.4 Å². The van der Waals surface area contributed by atoms with Crippen LogP contribution in [0.25, 0.3) is 0 Å². The van der Waals surface area contributed by atoms with Crippen molar-refractivity contribution in [2.75, 3.05) is 13.2 Å². The van der Waals surface area contributed by atoms with Gasteiger partial charge >= 0.3 is 12.0 Å². The summed E-state index contributed by atoms with van der Waals surface area (Å²) in [4.78, 5) is 35.0. The van der Waals surface area contributed by atoms with Gasteiger partial charge in [-0.15, -0.1) is 6.58 Å². The number of benzene rings is 1. The van der Waals surface area contributed by atoms with Gasteiger partial charge in [0.25, 0.3) is 5.91 Å². The van der Waals surface area contributed by atoms with Gasteiger partial charge < -0.3 is 19.3 Å². The van der Waals surface area contributed by atoms with E-state index in [4.69, 9.17) is 14.0 Å². The van der Waals surface area contributed by atoms with Crippen molar-refractivity contribution in [1.29, 1.82) is 0 Å². The topological polar surface area (TPSA) is 120 Å². The summed E-state index contributed by atoms with van der Waals surface area (Å²) in [6.07, 6.45) is 1.46. The van der Waals surface area contributed by atoms with Crippen molar-refractivity contribution in [3.8, 4) is 5.75 Å². The number of carbonyl (C=O) groups is 3. The third-order valence-corrected chi connectivity index (χ3v) is 3.63. The molecule has 0 aliphatic carbocycles. The molecule has 3 amide bonds. The van der Waals surface area contributed by atoms with Gasteiger partial charge in [-0.3, -0.25) is 10.1 Å². The highest BCUT2D eigenvalue weighted by atomic mass is 16.5. The third kappa shape index (κ3) is 5.97. The number of hydrogen-bond acceptors (Lipinski definition) is 7. The van der Waals surface area contributed by atoms with E-state index in [0.29, 0.717) is 11.5 Å². The number of nitrogens with one attached hydrogen (secondary N) is 2. The van der Waals surface area contributed by atoms with Crippen molar-refractivity contribution < 1.29 is 28.4 Å². The summed E-state index contributed by atoms with van der Waals surface area (Å²) in [5.74, 6) is -0.357. The van der Waals surface area contributed by atoms with Crippen LogP contribution in [-0.2, 0) is 16.1 Å². The fraction of sp³-hybridized carbons (Fsp3) is 0.263. The van der Waals surface area contributed by atoms with Crippen LogP contribution >= 0.6 is 0 Å².